The van der Waals surface area contributed by atoms with Crippen molar-refractivity contribution in [1.29, 1.82) is 0 Å². The minimum absolute atomic E-state index is 0.106. The zero-order valence-electron chi connectivity index (χ0n) is 17.6. The third kappa shape index (κ3) is 5.53. The highest BCUT2D eigenvalue weighted by Crippen LogP contribution is 2.23. The first kappa shape index (κ1) is 22.0. The molecular formula is C25H25FN2O3S. The highest BCUT2D eigenvalue weighted by molar-refractivity contribution is 7.12. The van der Waals surface area contributed by atoms with Crippen molar-refractivity contribution in [2.45, 2.75) is 38.5 Å². The molecule has 2 aromatic carbocycles. The van der Waals surface area contributed by atoms with Crippen molar-refractivity contribution in [3.05, 3.63) is 87.9 Å². The summed E-state index contributed by atoms with van der Waals surface area (Å²) in [5.74, 6) is 0.0731. The van der Waals surface area contributed by atoms with Gasteiger partial charge in [0.05, 0.1) is 4.88 Å². The van der Waals surface area contributed by atoms with Gasteiger partial charge in [0.2, 0.25) is 5.91 Å². The number of amides is 2. The molecule has 0 unspecified atom stereocenters. The molecule has 3 aromatic rings. The van der Waals surface area contributed by atoms with Crippen molar-refractivity contribution < 1.29 is 18.7 Å². The average molecular weight is 453 g/mol. The Labute approximate surface area is 190 Å². The third-order valence-electron chi connectivity index (χ3n) is 5.42. The van der Waals surface area contributed by atoms with Gasteiger partial charge in [-0.1, -0.05) is 30.3 Å². The third-order valence-corrected chi connectivity index (χ3v) is 6.28. The highest BCUT2D eigenvalue weighted by Gasteiger charge is 2.31. The van der Waals surface area contributed by atoms with Gasteiger partial charge < -0.3 is 15.0 Å². The van der Waals surface area contributed by atoms with E-state index in [2.05, 4.69) is 5.32 Å². The standard InChI is InChI=1S/C25H25FN2O3S/c26-20-8-3-7-19(14-20)17-31-21-9-4-6-18(15-21)16-28(25(30)23-11-5-13-32-23)22-10-1-2-12-27-24(22)29/h3-9,11,13-15,22H,1-2,10,12,16-17H2,(H,27,29)/t22-/m0/s1. The summed E-state index contributed by atoms with van der Waals surface area (Å²) in [5, 5.41) is 4.79. The van der Waals surface area contributed by atoms with E-state index in [4.69, 9.17) is 4.74 Å². The summed E-state index contributed by atoms with van der Waals surface area (Å²) in [7, 11) is 0. The van der Waals surface area contributed by atoms with Crippen LogP contribution >= 0.6 is 11.3 Å². The molecular weight excluding hydrogens is 427 g/mol. The Hall–Kier alpha value is -3.19. The fourth-order valence-corrected chi connectivity index (χ4v) is 4.49. The van der Waals surface area contributed by atoms with E-state index in [9.17, 15) is 14.0 Å². The molecule has 1 fully saturated rings. The number of rotatable bonds is 7. The van der Waals surface area contributed by atoms with Crippen molar-refractivity contribution in [1.82, 2.24) is 10.2 Å². The number of hydrogen-bond donors (Lipinski definition) is 1. The maximum atomic E-state index is 13.4. The quantitative estimate of drug-likeness (QED) is 0.561. The molecule has 1 N–H and O–H groups in total. The van der Waals surface area contributed by atoms with Crippen LogP contribution in [0.25, 0.3) is 0 Å². The zero-order chi connectivity index (χ0) is 22.3. The van der Waals surface area contributed by atoms with Crippen LogP contribution in [0.5, 0.6) is 5.75 Å². The van der Waals surface area contributed by atoms with Crippen LogP contribution in [0.4, 0.5) is 4.39 Å². The SMILES string of the molecule is O=C1NCCCC[C@@H]1N(Cc1cccc(OCc2cccc(F)c2)c1)C(=O)c1cccs1. The van der Waals surface area contributed by atoms with Gasteiger partial charge in [0.1, 0.15) is 24.2 Å². The van der Waals surface area contributed by atoms with Crippen LogP contribution in [-0.4, -0.2) is 29.3 Å². The lowest BCUT2D eigenvalue weighted by Gasteiger charge is -2.30. The summed E-state index contributed by atoms with van der Waals surface area (Å²) in [4.78, 5) is 28.3. The number of carbonyl (C=O) groups excluding carboxylic acids is 2. The Morgan fingerprint density at radius 1 is 1.09 bits per heavy atom. The monoisotopic (exact) mass is 452 g/mol. The summed E-state index contributed by atoms with van der Waals surface area (Å²) in [5.41, 5.74) is 1.60. The molecule has 0 radical (unpaired) electrons. The lowest BCUT2D eigenvalue weighted by atomic mass is 10.1. The molecule has 2 heterocycles. The topological polar surface area (TPSA) is 58.6 Å². The average Bonchev–Trinajstić information content (AvgIpc) is 3.25. The summed E-state index contributed by atoms with van der Waals surface area (Å²) >= 11 is 1.37. The first-order valence-electron chi connectivity index (χ1n) is 10.7. The van der Waals surface area contributed by atoms with E-state index >= 15 is 0 Å². The molecule has 1 aliphatic heterocycles. The predicted molar refractivity (Wildman–Crippen MR) is 122 cm³/mol. The smallest absolute Gasteiger partial charge is 0.264 e. The fourth-order valence-electron chi connectivity index (χ4n) is 3.81. The minimum Gasteiger partial charge on any atom is -0.489 e. The molecule has 166 valence electrons. The number of ether oxygens (including phenoxy) is 1. The molecule has 32 heavy (non-hydrogen) atoms. The fraction of sp³-hybridized carbons (Fsp3) is 0.280. The van der Waals surface area contributed by atoms with E-state index in [1.165, 1.54) is 23.5 Å². The molecule has 7 heteroatoms. The second-order valence-corrected chi connectivity index (χ2v) is 8.73. The maximum absolute atomic E-state index is 13.4. The lowest BCUT2D eigenvalue weighted by Crippen LogP contribution is -2.48. The van der Waals surface area contributed by atoms with Crippen molar-refractivity contribution in [3.63, 3.8) is 0 Å². The molecule has 1 aromatic heterocycles. The number of nitrogens with one attached hydrogen (secondary N) is 1. The van der Waals surface area contributed by atoms with Gasteiger partial charge in [-0.15, -0.1) is 11.3 Å². The van der Waals surface area contributed by atoms with E-state index in [0.717, 1.165) is 24.0 Å². The highest BCUT2D eigenvalue weighted by atomic mass is 32.1. The van der Waals surface area contributed by atoms with Crippen molar-refractivity contribution >= 4 is 23.2 Å². The molecule has 4 rings (SSSR count). The largest absolute Gasteiger partial charge is 0.489 e. The van der Waals surface area contributed by atoms with Crippen LogP contribution in [0.2, 0.25) is 0 Å². The van der Waals surface area contributed by atoms with Crippen molar-refractivity contribution in [3.8, 4) is 5.75 Å². The molecule has 0 spiro atoms. The van der Waals surface area contributed by atoms with Gasteiger partial charge in [-0.2, -0.15) is 0 Å². The van der Waals surface area contributed by atoms with Crippen molar-refractivity contribution in [2.75, 3.05) is 6.54 Å². The molecule has 0 aliphatic carbocycles. The number of thiophene rings is 1. The first-order chi connectivity index (χ1) is 15.6. The van der Waals surface area contributed by atoms with Gasteiger partial charge in [0, 0.05) is 13.1 Å². The van der Waals surface area contributed by atoms with E-state index in [-0.39, 0.29) is 24.2 Å². The molecule has 0 saturated carbocycles. The van der Waals surface area contributed by atoms with E-state index < -0.39 is 6.04 Å². The summed E-state index contributed by atoms with van der Waals surface area (Å²) < 4.78 is 19.2. The molecule has 1 atom stereocenters. The van der Waals surface area contributed by atoms with Crippen LogP contribution in [0.15, 0.2) is 66.0 Å². The predicted octanol–water partition coefficient (Wildman–Crippen LogP) is 4.78. The van der Waals surface area contributed by atoms with E-state index in [0.29, 0.717) is 30.1 Å². The van der Waals surface area contributed by atoms with Crippen LogP contribution in [0, 0.1) is 5.82 Å². The number of nitrogens with zero attached hydrogens (tertiary/aromatic N) is 1. The van der Waals surface area contributed by atoms with Crippen molar-refractivity contribution in [2.24, 2.45) is 0 Å². The Kier molecular flexibility index (Phi) is 7.17. The van der Waals surface area contributed by atoms with Crippen LogP contribution < -0.4 is 10.1 Å². The van der Waals surface area contributed by atoms with Gasteiger partial charge >= 0.3 is 0 Å². The zero-order valence-corrected chi connectivity index (χ0v) is 18.4. The second kappa shape index (κ2) is 10.4. The molecule has 0 bridgehead atoms. The summed E-state index contributed by atoms with van der Waals surface area (Å²) in [6.45, 7) is 1.18. The number of halogens is 1. The Morgan fingerprint density at radius 2 is 1.94 bits per heavy atom. The van der Waals surface area contributed by atoms with Crippen LogP contribution in [-0.2, 0) is 17.9 Å². The van der Waals surface area contributed by atoms with E-state index in [1.807, 2.05) is 35.7 Å². The Morgan fingerprint density at radius 3 is 2.75 bits per heavy atom. The van der Waals surface area contributed by atoms with Crippen LogP contribution in [0.1, 0.15) is 40.1 Å². The van der Waals surface area contributed by atoms with Crippen LogP contribution in [0.3, 0.4) is 0 Å². The molecule has 1 aliphatic rings. The minimum atomic E-state index is -0.510. The maximum Gasteiger partial charge on any atom is 0.264 e. The van der Waals surface area contributed by atoms with E-state index in [1.54, 1.807) is 23.1 Å². The Balaban J connectivity index is 1.53. The lowest BCUT2D eigenvalue weighted by molar-refractivity contribution is -0.125. The molecule has 5 nitrogen and oxygen atoms in total. The van der Waals surface area contributed by atoms with Gasteiger partial charge in [0.25, 0.3) is 5.91 Å². The molecule has 2 amide bonds. The number of hydrogen-bond acceptors (Lipinski definition) is 4. The second-order valence-electron chi connectivity index (χ2n) is 7.78. The van der Waals surface area contributed by atoms with Gasteiger partial charge in [-0.05, 0) is 66.1 Å². The molecule has 1 saturated heterocycles. The Bertz CT molecular complexity index is 1070. The number of benzene rings is 2. The number of carbonyl (C=O) groups is 2. The first-order valence-corrected chi connectivity index (χ1v) is 11.6. The summed E-state index contributed by atoms with van der Waals surface area (Å²) in [6.07, 6.45) is 2.43. The normalized spacial score (nSPS) is 16.2. The van der Waals surface area contributed by atoms with Gasteiger partial charge in [0.15, 0.2) is 0 Å². The van der Waals surface area contributed by atoms with Gasteiger partial charge in [-0.25, -0.2) is 4.39 Å². The summed E-state index contributed by atoms with van der Waals surface area (Å²) in [6, 6.07) is 16.9. The van der Waals surface area contributed by atoms with Gasteiger partial charge in [-0.3, -0.25) is 9.59 Å².